The molecule has 1 saturated heterocycles. The van der Waals surface area contributed by atoms with Crippen LogP contribution >= 0.6 is 11.8 Å². The molecule has 0 aromatic heterocycles. The fourth-order valence-electron chi connectivity index (χ4n) is 1.98. The third kappa shape index (κ3) is 4.46. The highest BCUT2D eigenvalue weighted by atomic mass is 32.2. The van der Waals surface area contributed by atoms with Gasteiger partial charge in [0.15, 0.2) is 0 Å². The van der Waals surface area contributed by atoms with Gasteiger partial charge in [-0.25, -0.2) is 0 Å². The van der Waals surface area contributed by atoms with E-state index >= 15 is 0 Å². The number of rotatable bonds is 3. The molecule has 0 bridgehead atoms. The summed E-state index contributed by atoms with van der Waals surface area (Å²) in [4.78, 5) is 2.59. The van der Waals surface area contributed by atoms with Crippen molar-refractivity contribution in [3.8, 4) is 0 Å². The fraction of sp³-hybridized carbons (Fsp3) is 1.00. The highest BCUT2D eigenvalue weighted by Crippen LogP contribution is 2.34. The molecule has 0 amide bonds. The number of nitrogens with zero attached hydrogens (tertiary/aromatic N) is 1. The molecule has 1 heterocycles. The highest BCUT2D eigenvalue weighted by Gasteiger charge is 2.36. The summed E-state index contributed by atoms with van der Waals surface area (Å²) in [6.07, 6.45) is 1.28. The van der Waals surface area contributed by atoms with Crippen molar-refractivity contribution in [2.45, 2.75) is 58.2 Å². The summed E-state index contributed by atoms with van der Waals surface area (Å²) >= 11 is 2.11. The topological polar surface area (TPSA) is 29.3 Å². The van der Waals surface area contributed by atoms with Crippen LogP contribution in [-0.4, -0.2) is 40.6 Å². The molecular weight excluding hydrogens is 228 g/mol. The summed E-state index contributed by atoms with van der Waals surface area (Å²) in [6.45, 7) is 17.1. The Bertz CT molecular complexity index is 253. The standard InChI is InChI=1S/C14H30N2S/c1-12(2,14(5,6)15)11-16-8-7-13(3,4)17-10-9-16/h7-11,15H2,1-6H3. The Balaban J connectivity index is 2.58. The summed E-state index contributed by atoms with van der Waals surface area (Å²) in [5.74, 6) is 1.24. The molecule has 0 aromatic carbocycles. The second-order valence-corrected chi connectivity index (χ2v) is 9.04. The zero-order valence-corrected chi connectivity index (χ0v) is 13.3. The van der Waals surface area contributed by atoms with Gasteiger partial charge in [0, 0.05) is 29.1 Å². The van der Waals surface area contributed by atoms with Gasteiger partial charge in [-0.05, 0) is 32.2 Å². The van der Waals surface area contributed by atoms with E-state index in [9.17, 15) is 0 Å². The van der Waals surface area contributed by atoms with Crippen LogP contribution in [0.15, 0.2) is 0 Å². The van der Waals surface area contributed by atoms with Crippen molar-refractivity contribution in [2.24, 2.45) is 11.1 Å². The van der Waals surface area contributed by atoms with Crippen molar-refractivity contribution in [3.63, 3.8) is 0 Å². The smallest absolute Gasteiger partial charge is 0.0161 e. The first kappa shape index (κ1) is 15.3. The quantitative estimate of drug-likeness (QED) is 0.844. The van der Waals surface area contributed by atoms with Crippen LogP contribution in [-0.2, 0) is 0 Å². The van der Waals surface area contributed by atoms with Gasteiger partial charge < -0.3 is 10.6 Å². The molecule has 102 valence electrons. The van der Waals surface area contributed by atoms with Gasteiger partial charge in [-0.2, -0.15) is 11.8 Å². The van der Waals surface area contributed by atoms with Gasteiger partial charge in [0.2, 0.25) is 0 Å². The maximum absolute atomic E-state index is 6.29. The van der Waals surface area contributed by atoms with E-state index in [1.165, 1.54) is 25.3 Å². The van der Waals surface area contributed by atoms with Gasteiger partial charge in [0.05, 0.1) is 0 Å². The van der Waals surface area contributed by atoms with Gasteiger partial charge in [-0.1, -0.05) is 27.7 Å². The lowest BCUT2D eigenvalue weighted by Crippen LogP contribution is -2.53. The predicted octanol–water partition coefficient (Wildman–Crippen LogP) is 2.97. The lowest BCUT2D eigenvalue weighted by atomic mass is 9.75. The van der Waals surface area contributed by atoms with Crippen molar-refractivity contribution in [1.82, 2.24) is 4.90 Å². The first-order valence-corrected chi connectivity index (χ1v) is 7.67. The third-order valence-corrected chi connectivity index (χ3v) is 5.67. The Morgan fingerprint density at radius 2 is 1.76 bits per heavy atom. The second-order valence-electron chi connectivity index (χ2n) is 7.24. The zero-order valence-electron chi connectivity index (χ0n) is 12.5. The van der Waals surface area contributed by atoms with E-state index in [2.05, 4.69) is 58.2 Å². The van der Waals surface area contributed by atoms with Crippen molar-refractivity contribution in [3.05, 3.63) is 0 Å². The molecule has 0 aromatic rings. The summed E-state index contributed by atoms with van der Waals surface area (Å²) in [6, 6.07) is 0. The van der Waals surface area contributed by atoms with E-state index in [1.54, 1.807) is 0 Å². The van der Waals surface area contributed by atoms with E-state index in [0.717, 1.165) is 6.54 Å². The Hall–Kier alpha value is 0.270. The molecule has 1 aliphatic rings. The molecule has 0 spiro atoms. The highest BCUT2D eigenvalue weighted by molar-refractivity contribution is 8.00. The molecule has 1 fully saturated rings. The fourth-order valence-corrected chi connectivity index (χ4v) is 3.12. The first-order chi connectivity index (χ1) is 7.54. The molecule has 0 saturated carbocycles. The lowest BCUT2D eigenvalue weighted by molar-refractivity contribution is 0.116. The molecule has 0 aliphatic carbocycles. The summed E-state index contributed by atoms with van der Waals surface area (Å²) in [5.41, 5.74) is 6.33. The molecule has 1 rings (SSSR count). The average molecular weight is 258 g/mol. The van der Waals surface area contributed by atoms with Gasteiger partial charge >= 0.3 is 0 Å². The average Bonchev–Trinajstić information content (AvgIpc) is 2.25. The Labute approximate surface area is 112 Å². The second kappa shape index (κ2) is 5.10. The van der Waals surface area contributed by atoms with Crippen LogP contribution in [0.25, 0.3) is 0 Å². The Morgan fingerprint density at radius 1 is 1.18 bits per heavy atom. The van der Waals surface area contributed by atoms with Gasteiger partial charge in [-0.15, -0.1) is 0 Å². The molecule has 2 N–H and O–H groups in total. The summed E-state index contributed by atoms with van der Waals surface area (Å²) in [5, 5.41) is 0. The minimum absolute atomic E-state index is 0.123. The number of nitrogens with two attached hydrogens (primary N) is 1. The maximum Gasteiger partial charge on any atom is 0.0161 e. The number of thioether (sulfide) groups is 1. The van der Waals surface area contributed by atoms with Crippen LogP contribution in [0.1, 0.15) is 48.0 Å². The van der Waals surface area contributed by atoms with Crippen LogP contribution in [0.2, 0.25) is 0 Å². The summed E-state index contributed by atoms with van der Waals surface area (Å²) < 4.78 is 0.442. The molecule has 1 aliphatic heterocycles. The molecule has 0 radical (unpaired) electrons. The SMILES string of the molecule is CC1(C)CCN(CC(C)(C)C(C)(C)N)CCS1. The summed E-state index contributed by atoms with van der Waals surface area (Å²) in [7, 11) is 0. The lowest BCUT2D eigenvalue weighted by Gasteiger charge is -2.42. The zero-order chi connectivity index (χ0) is 13.3. The van der Waals surface area contributed by atoms with Crippen molar-refractivity contribution >= 4 is 11.8 Å². The molecule has 3 heteroatoms. The molecule has 17 heavy (non-hydrogen) atoms. The van der Waals surface area contributed by atoms with Gasteiger partial charge in [0.25, 0.3) is 0 Å². The number of hydrogen-bond acceptors (Lipinski definition) is 3. The van der Waals surface area contributed by atoms with Crippen LogP contribution in [0, 0.1) is 5.41 Å². The van der Waals surface area contributed by atoms with E-state index < -0.39 is 0 Å². The van der Waals surface area contributed by atoms with Crippen molar-refractivity contribution < 1.29 is 0 Å². The Morgan fingerprint density at radius 3 is 2.29 bits per heavy atom. The first-order valence-electron chi connectivity index (χ1n) is 6.69. The van der Waals surface area contributed by atoms with Crippen molar-refractivity contribution in [1.29, 1.82) is 0 Å². The van der Waals surface area contributed by atoms with Crippen molar-refractivity contribution in [2.75, 3.05) is 25.4 Å². The van der Waals surface area contributed by atoms with E-state index in [4.69, 9.17) is 5.73 Å². The predicted molar refractivity (Wildman–Crippen MR) is 79.6 cm³/mol. The van der Waals surface area contributed by atoms with Crippen LogP contribution < -0.4 is 5.73 Å². The molecular formula is C14H30N2S. The molecule has 2 nitrogen and oxygen atoms in total. The Kier molecular flexibility index (Phi) is 4.60. The van der Waals surface area contributed by atoms with Crippen LogP contribution in [0.3, 0.4) is 0 Å². The molecule has 0 unspecified atom stereocenters. The van der Waals surface area contributed by atoms with Crippen LogP contribution in [0.4, 0.5) is 0 Å². The minimum atomic E-state index is -0.123. The van der Waals surface area contributed by atoms with Gasteiger partial charge in [0.1, 0.15) is 0 Å². The van der Waals surface area contributed by atoms with Crippen LogP contribution in [0.5, 0.6) is 0 Å². The monoisotopic (exact) mass is 258 g/mol. The number of hydrogen-bond donors (Lipinski definition) is 1. The largest absolute Gasteiger partial charge is 0.325 e. The normalized spacial score (nSPS) is 23.5. The third-order valence-electron chi connectivity index (χ3n) is 4.29. The van der Waals surface area contributed by atoms with E-state index in [1.807, 2.05) is 0 Å². The van der Waals surface area contributed by atoms with E-state index in [0.29, 0.717) is 4.75 Å². The molecule has 0 atom stereocenters. The maximum atomic E-state index is 6.29. The van der Waals surface area contributed by atoms with Gasteiger partial charge in [-0.3, -0.25) is 0 Å². The van der Waals surface area contributed by atoms with E-state index in [-0.39, 0.29) is 11.0 Å². The minimum Gasteiger partial charge on any atom is -0.325 e.